The van der Waals surface area contributed by atoms with Gasteiger partial charge in [-0.25, -0.2) is 22.5 Å². The lowest BCUT2D eigenvalue weighted by Gasteiger charge is -2.21. The van der Waals surface area contributed by atoms with Crippen molar-refractivity contribution in [2.75, 3.05) is 17.7 Å². The van der Waals surface area contributed by atoms with Crippen molar-refractivity contribution in [1.29, 1.82) is 0 Å². The van der Waals surface area contributed by atoms with Gasteiger partial charge in [-0.2, -0.15) is 0 Å². The molecular weight excluding hydrogens is 384 g/mol. The van der Waals surface area contributed by atoms with E-state index in [1.165, 1.54) is 17.6 Å². The SMILES string of the molecule is COC(=O)c1ccc(CN(c2ccc(Br)cn2)S(C)(=O)=O)cc1. The molecule has 2 aromatic rings. The van der Waals surface area contributed by atoms with Crippen molar-refractivity contribution < 1.29 is 17.9 Å². The van der Waals surface area contributed by atoms with Crippen molar-refractivity contribution in [3.05, 3.63) is 58.2 Å². The Labute approximate surface area is 143 Å². The third kappa shape index (κ3) is 4.52. The Morgan fingerprint density at radius 2 is 1.87 bits per heavy atom. The summed E-state index contributed by atoms with van der Waals surface area (Å²) in [5.74, 6) is -0.112. The number of methoxy groups -OCH3 is 1. The van der Waals surface area contributed by atoms with Crippen molar-refractivity contribution >= 4 is 37.7 Å². The van der Waals surface area contributed by atoms with E-state index in [9.17, 15) is 13.2 Å². The summed E-state index contributed by atoms with van der Waals surface area (Å²) in [6.45, 7) is 0.120. The number of aromatic nitrogens is 1. The van der Waals surface area contributed by atoms with Gasteiger partial charge in [0.15, 0.2) is 0 Å². The quantitative estimate of drug-likeness (QED) is 0.723. The molecule has 122 valence electrons. The molecular formula is C15H15BrN2O4S. The van der Waals surface area contributed by atoms with E-state index in [0.717, 1.165) is 16.3 Å². The summed E-state index contributed by atoms with van der Waals surface area (Å²) >= 11 is 3.27. The Balaban J connectivity index is 2.28. The summed E-state index contributed by atoms with van der Waals surface area (Å²) in [6.07, 6.45) is 2.66. The second kappa shape index (κ2) is 7.10. The third-order valence-corrected chi connectivity index (χ3v) is 4.65. The standard InChI is InChI=1S/C15H15BrN2O4S/c1-22-15(19)12-5-3-11(4-6-12)10-18(23(2,20)21)14-8-7-13(16)9-17-14/h3-9H,10H2,1-2H3. The Bertz CT molecular complexity index is 789. The predicted molar refractivity (Wildman–Crippen MR) is 90.7 cm³/mol. The summed E-state index contributed by atoms with van der Waals surface area (Å²) in [7, 11) is -2.19. The zero-order valence-electron chi connectivity index (χ0n) is 12.6. The Morgan fingerprint density at radius 1 is 1.22 bits per heavy atom. The van der Waals surface area contributed by atoms with E-state index in [1.54, 1.807) is 36.4 Å². The molecule has 2 rings (SSSR count). The van der Waals surface area contributed by atoms with E-state index < -0.39 is 16.0 Å². The Hall–Kier alpha value is -1.93. The maximum atomic E-state index is 12.0. The fraction of sp³-hybridized carbons (Fsp3) is 0.200. The van der Waals surface area contributed by atoms with Crippen LogP contribution in [0, 0.1) is 0 Å². The van der Waals surface area contributed by atoms with Gasteiger partial charge in [-0.15, -0.1) is 0 Å². The average Bonchev–Trinajstić information content (AvgIpc) is 2.52. The van der Waals surface area contributed by atoms with Crippen molar-refractivity contribution in [2.24, 2.45) is 0 Å². The number of benzene rings is 1. The first kappa shape index (κ1) is 17.4. The van der Waals surface area contributed by atoms with Crippen molar-refractivity contribution in [3.8, 4) is 0 Å². The van der Waals surface area contributed by atoms with E-state index in [1.807, 2.05) is 0 Å². The number of esters is 1. The van der Waals surface area contributed by atoms with Gasteiger partial charge in [0.1, 0.15) is 5.82 Å². The molecule has 0 bridgehead atoms. The normalized spacial score (nSPS) is 11.1. The highest BCUT2D eigenvalue weighted by atomic mass is 79.9. The molecule has 0 atom stereocenters. The molecule has 23 heavy (non-hydrogen) atoms. The largest absolute Gasteiger partial charge is 0.465 e. The lowest BCUT2D eigenvalue weighted by atomic mass is 10.1. The first-order valence-corrected chi connectivity index (χ1v) is 9.22. The van der Waals surface area contributed by atoms with Crippen LogP contribution in [0.5, 0.6) is 0 Å². The molecule has 1 heterocycles. The minimum Gasteiger partial charge on any atom is -0.465 e. The number of carbonyl (C=O) groups is 1. The number of hydrogen-bond acceptors (Lipinski definition) is 5. The molecule has 8 heteroatoms. The van der Waals surface area contributed by atoms with E-state index in [0.29, 0.717) is 11.4 Å². The maximum Gasteiger partial charge on any atom is 0.337 e. The second-order valence-corrected chi connectivity index (χ2v) is 7.62. The van der Waals surface area contributed by atoms with E-state index in [4.69, 9.17) is 0 Å². The fourth-order valence-corrected chi connectivity index (χ4v) is 2.98. The van der Waals surface area contributed by atoms with Crippen LogP contribution >= 0.6 is 15.9 Å². The zero-order valence-corrected chi connectivity index (χ0v) is 15.0. The summed E-state index contributed by atoms with van der Waals surface area (Å²) < 4.78 is 30.7. The topological polar surface area (TPSA) is 76.6 Å². The van der Waals surface area contributed by atoms with Gasteiger partial charge in [-0.3, -0.25) is 0 Å². The van der Waals surface area contributed by atoms with Crippen LogP contribution in [0.1, 0.15) is 15.9 Å². The molecule has 0 saturated carbocycles. The lowest BCUT2D eigenvalue weighted by molar-refractivity contribution is 0.0600. The predicted octanol–water partition coefficient (Wildman–Crippen LogP) is 2.60. The van der Waals surface area contributed by atoms with Gasteiger partial charge in [0.05, 0.1) is 25.5 Å². The van der Waals surface area contributed by atoms with Crippen LogP contribution in [-0.4, -0.2) is 32.7 Å². The van der Waals surface area contributed by atoms with Gasteiger partial charge in [0, 0.05) is 10.7 Å². The highest BCUT2D eigenvalue weighted by Crippen LogP contribution is 2.20. The summed E-state index contributed by atoms with van der Waals surface area (Å²) in [6, 6.07) is 9.90. The minimum absolute atomic E-state index is 0.120. The van der Waals surface area contributed by atoms with Crippen LogP contribution in [-0.2, 0) is 21.3 Å². The van der Waals surface area contributed by atoms with Crippen LogP contribution in [0.4, 0.5) is 5.82 Å². The molecule has 0 N–H and O–H groups in total. The number of pyridine rings is 1. The summed E-state index contributed by atoms with van der Waals surface area (Å²) in [4.78, 5) is 15.5. The van der Waals surface area contributed by atoms with Crippen molar-refractivity contribution in [1.82, 2.24) is 4.98 Å². The van der Waals surface area contributed by atoms with Crippen LogP contribution in [0.15, 0.2) is 47.1 Å². The number of anilines is 1. The number of hydrogen-bond donors (Lipinski definition) is 0. The van der Waals surface area contributed by atoms with Gasteiger partial charge in [-0.05, 0) is 45.8 Å². The van der Waals surface area contributed by atoms with Crippen LogP contribution in [0.25, 0.3) is 0 Å². The van der Waals surface area contributed by atoms with E-state index >= 15 is 0 Å². The van der Waals surface area contributed by atoms with E-state index in [-0.39, 0.29) is 6.54 Å². The molecule has 0 saturated heterocycles. The number of rotatable bonds is 5. The second-order valence-electron chi connectivity index (χ2n) is 4.79. The first-order valence-electron chi connectivity index (χ1n) is 6.58. The monoisotopic (exact) mass is 398 g/mol. The molecule has 0 radical (unpaired) electrons. The van der Waals surface area contributed by atoms with Gasteiger partial charge >= 0.3 is 5.97 Å². The minimum atomic E-state index is -3.50. The molecule has 1 aromatic heterocycles. The number of nitrogens with zero attached hydrogens (tertiary/aromatic N) is 2. The van der Waals surface area contributed by atoms with Gasteiger partial charge in [0.2, 0.25) is 10.0 Å². The lowest BCUT2D eigenvalue weighted by Crippen LogP contribution is -2.30. The average molecular weight is 399 g/mol. The Morgan fingerprint density at radius 3 is 2.35 bits per heavy atom. The van der Waals surface area contributed by atoms with Crippen molar-refractivity contribution in [3.63, 3.8) is 0 Å². The first-order chi connectivity index (χ1) is 10.8. The molecule has 0 spiro atoms. The van der Waals surface area contributed by atoms with Crippen LogP contribution in [0.3, 0.4) is 0 Å². The van der Waals surface area contributed by atoms with Gasteiger partial charge in [0.25, 0.3) is 0 Å². The molecule has 0 fully saturated rings. The molecule has 0 aliphatic carbocycles. The third-order valence-electron chi connectivity index (χ3n) is 3.07. The molecule has 0 aliphatic heterocycles. The number of ether oxygens (including phenoxy) is 1. The zero-order chi connectivity index (χ0) is 17.0. The molecule has 0 aliphatic rings. The van der Waals surface area contributed by atoms with Gasteiger partial charge < -0.3 is 4.74 Å². The number of sulfonamides is 1. The maximum absolute atomic E-state index is 12.0. The Kier molecular flexibility index (Phi) is 5.38. The highest BCUT2D eigenvalue weighted by molar-refractivity contribution is 9.10. The summed E-state index contributed by atoms with van der Waals surface area (Å²) in [5, 5.41) is 0. The van der Waals surface area contributed by atoms with Crippen LogP contribution in [0.2, 0.25) is 0 Å². The number of carbonyl (C=O) groups excluding carboxylic acids is 1. The molecule has 6 nitrogen and oxygen atoms in total. The fourth-order valence-electron chi connectivity index (χ4n) is 1.91. The molecule has 0 amide bonds. The highest BCUT2D eigenvalue weighted by Gasteiger charge is 2.19. The van der Waals surface area contributed by atoms with Crippen molar-refractivity contribution in [2.45, 2.75) is 6.54 Å². The van der Waals surface area contributed by atoms with Gasteiger partial charge in [-0.1, -0.05) is 12.1 Å². The van der Waals surface area contributed by atoms with E-state index in [2.05, 4.69) is 25.7 Å². The molecule has 1 aromatic carbocycles. The smallest absolute Gasteiger partial charge is 0.337 e. The molecule has 0 unspecified atom stereocenters. The summed E-state index contributed by atoms with van der Waals surface area (Å²) in [5.41, 5.74) is 1.14. The van der Waals surface area contributed by atoms with Crippen LogP contribution < -0.4 is 4.31 Å². The number of halogens is 1.